The van der Waals surface area contributed by atoms with E-state index in [0.29, 0.717) is 30.9 Å². The van der Waals surface area contributed by atoms with Gasteiger partial charge >= 0.3 is 6.18 Å². The molecule has 2 atom stereocenters. The summed E-state index contributed by atoms with van der Waals surface area (Å²) >= 11 is 0. The normalized spacial score (nSPS) is 25.5. The molecule has 0 bridgehead atoms. The van der Waals surface area contributed by atoms with E-state index in [9.17, 15) is 13.2 Å². The maximum atomic E-state index is 15.5. The van der Waals surface area contributed by atoms with E-state index in [1.165, 1.54) is 43.4 Å². The molecule has 2 aromatic rings. The molecular weight excluding hydrogens is 456 g/mol. The zero-order valence-electron chi connectivity index (χ0n) is 20.7. The van der Waals surface area contributed by atoms with Crippen LogP contribution in [0.5, 0.6) is 0 Å². The number of alkyl halides is 3. The second kappa shape index (κ2) is 11.4. The smallest absolute Gasteiger partial charge is 0.353 e. The average Bonchev–Trinajstić information content (AvgIpc) is 2.85. The van der Waals surface area contributed by atoms with Crippen molar-refractivity contribution in [1.82, 2.24) is 0 Å². The van der Waals surface area contributed by atoms with Crippen LogP contribution in [0.3, 0.4) is 0 Å². The van der Waals surface area contributed by atoms with Crippen molar-refractivity contribution in [3.8, 4) is 11.1 Å². The molecule has 6 heteroatoms. The van der Waals surface area contributed by atoms with Gasteiger partial charge in [0.05, 0.1) is 12.2 Å². The van der Waals surface area contributed by atoms with E-state index >= 15 is 4.39 Å². The first kappa shape index (κ1) is 26.2. The van der Waals surface area contributed by atoms with E-state index in [-0.39, 0.29) is 17.7 Å². The maximum absolute atomic E-state index is 15.5. The van der Waals surface area contributed by atoms with Crippen LogP contribution in [0.4, 0.5) is 17.6 Å². The first-order valence-corrected chi connectivity index (χ1v) is 13.0. The van der Waals surface area contributed by atoms with Crippen molar-refractivity contribution < 1.29 is 27.0 Å². The van der Waals surface area contributed by atoms with Crippen LogP contribution in [0.2, 0.25) is 0 Å². The Labute approximate surface area is 206 Å². The summed E-state index contributed by atoms with van der Waals surface area (Å²) in [6.07, 6.45) is 2.97. The van der Waals surface area contributed by atoms with E-state index in [1.54, 1.807) is 12.1 Å². The Bertz CT molecular complexity index is 954. The van der Waals surface area contributed by atoms with E-state index in [4.69, 9.17) is 9.47 Å². The van der Waals surface area contributed by atoms with Crippen LogP contribution in [0.1, 0.15) is 93.7 Å². The van der Waals surface area contributed by atoms with Crippen LogP contribution in [-0.2, 0) is 15.7 Å². The predicted octanol–water partition coefficient (Wildman–Crippen LogP) is 8.84. The number of halogens is 4. The molecule has 0 spiro atoms. The maximum Gasteiger partial charge on any atom is 0.419 e. The second-order valence-electron chi connectivity index (χ2n) is 10.0. The van der Waals surface area contributed by atoms with Crippen molar-refractivity contribution in [1.29, 1.82) is 0 Å². The minimum atomic E-state index is -4.79. The topological polar surface area (TPSA) is 18.5 Å². The van der Waals surface area contributed by atoms with Crippen molar-refractivity contribution in [2.24, 2.45) is 5.92 Å². The van der Waals surface area contributed by atoms with Crippen molar-refractivity contribution >= 4 is 0 Å². The minimum absolute atomic E-state index is 0.0109. The Morgan fingerprint density at radius 1 is 0.886 bits per heavy atom. The number of ether oxygens (including phenoxy) is 2. The van der Waals surface area contributed by atoms with Gasteiger partial charge < -0.3 is 9.47 Å². The molecule has 0 aromatic heterocycles. The number of benzene rings is 2. The van der Waals surface area contributed by atoms with Crippen LogP contribution in [0.15, 0.2) is 36.4 Å². The highest BCUT2D eigenvalue weighted by molar-refractivity contribution is 5.67. The lowest BCUT2D eigenvalue weighted by atomic mass is 9.77. The molecule has 1 saturated carbocycles. The first-order valence-electron chi connectivity index (χ1n) is 13.0. The Morgan fingerprint density at radius 2 is 1.57 bits per heavy atom. The summed E-state index contributed by atoms with van der Waals surface area (Å²) in [7, 11) is 0. The molecule has 1 saturated heterocycles. The van der Waals surface area contributed by atoms with Gasteiger partial charge in [0, 0.05) is 18.1 Å². The zero-order chi connectivity index (χ0) is 25.0. The summed E-state index contributed by atoms with van der Waals surface area (Å²) in [6, 6.07) is 10.4. The van der Waals surface area contributed by atoms with Gasteiger partial charge in [0.1, 0.15) is 5.82 Å². The fourth-order valence-electron chi connectivity index (χ4n) is 5.86. The lowest BCUT2D eigenvalue weighted by molar-refractivity contribution is -0.166. The van der Waals surface area contributed by atoms with Crippen molar-refractivity contribution in [3.05, 3.63) is 58.9 Å². The highest BCUT2D eigenvalue weighted by atomic mass is 19.4. The van der Waals surface area contributed by atoms with E-state index < -0.39 is 29.8 Å². The van der Waals surface area contributed by atoms with Gasteiger partial charge in [-0.3, -0.25) is 0 Å². The number of rotatable bonds is 7. The van der Waals surface area contributed by atoms with Crippen molar-refractivity contribution in [2.75, 3.05) is 13.2 Å². The molecule has 2 unspecified atom stereocenters. The van der Waals surface area contributed by atoms with E-state index in [1.807, 2.05) is 19.1 Å². The van der Waals surface area contributed by atoms with Gasteiger partial charge in [-0.2, -0.15) is 13.2 Å². The Kier molecular flexibility index (Phi) is 8.54. The highest BCUT2D eigenvalue weighted by Gasteiger charge is 2.40. The monoisotopic (exact) mass is 492 g/mol. The molecule has 35 heavy (non-hydrogen) atoms. The first-order chi connectivity index (χ1) is 16.8. The lowest BCUT2D eigenvalue weighted by Crippen LogP contribution is -2.28. The van der Waals surface area contributed by atoms with Crippen LogP contribution < -0.4 is 0 Å². The number of hydrogen-bond donors (Lipinski definition) is 0. The molecule has 192 valence electrons. The molecular formula is C29H36F4O2. The summed E-state index contributed by atoms with van der Waals surface area (Å²) in [4.78, 5) is 0. The molecule has 1 heterocycles. The van der Waals surface area contributed by atoms with Gasteiger partial charge in [-0.15, -0.1) is 0 Å². The Balaban J connectivity index is 1.54. The molecule has 4 rings (SSSR count). The SMILES string of the molecule is CCCC1CCC(c2ccc(-c3ccc(C4CCC(OCC)OC4)c(C(F)(F)F)c3F)cc2)CC1. The largest absolute Gasteiger partial charge is 0.419 e. The molecule has 2 aliphatic rings. The van der Waals surface area contributed by atoms with Crippen LogP contribution in [0.25, 0.3) is 11.1 Å². The summed E-state index contributed by atoms with van der Waals surface area (Å²) in [6.45, 7) is 4.63. The third-order valence-electron chi connectivity index (χ3n) is 7.72. The van der Waals surface area contributed by atoms with Crippen molar-refractivity contribution in [2.45, 2.75) is 89.5 Å². The van der Waals surface area contributed by atoms with E-state index in [2.05, 4.69) is 6.92 Å². The number of hydrogen-bond acceptors (Lipinski definition) is 2. The third-order valence-corrected chi connectivity index (χ3v) is 7.72. The molecule has 2 aromatic carbocycles. The molecule has 0 N–H and O–H groups in total. The van der Waals surface area contributed by atoms with Gasteiger partial charge in [-0.1, -0.05) is 56.2 Å². The van der Waals surface area contributed by atoms with Crippen LogP contribution in [0, 0.1) is 11.7 Å². The third kappa shape index (κ3) is 6.08. The Hall–Kier alpha value is -1.92. The van der Waals surface area contributed by atoms with Gasteiger partial charge in [-0.05, 0) is 74.0 Å². The summed E-state index contributed by atoms with van der Waals surface area (Å²) in [5.41, 5.74) is 0.452. The van der Waals surface area contributed by atoms with E-state index in [0.717, 1.165) is 18.8 Å². The van der Waals surface area contributed by atoms with Gasteiger partial charge in [0.25, 0.3) is 0 Å². The highest BCUT2D eigenvalue weighted by Crippen LogP contribution is 2.43. The summed E-state index contributed by atoms with van der Waals surface area (Å²) < 4.78 is 68.6. The minimum Gasteiger partial charge on any atom is -0.353 e. The fourth-order valence-corrected chi connectivity index (χ4v) is 5.86. The Morgan fingerprint density at radius 3 is 2.14 bits per heavy atom. The molecule has 0 radical (unpaired) electrons. The van der Waals surface area contributed by atoms with Gasteiger partial charge in [0.2, 0.25) is 0 Å². The standard InChI is InChI=1S/C29H36F4O2/c1-3-5-19-6-8-20(9-7-19)21-10-12-22(13-11-21)25-16-15-24(27(28(25)30)29(31,32)33)23-14-17-26(34-4-2)35-18-23/h10-13,15-16,19-20,23,26H,3-9,14,17-18H2,1-2H3. The van der Waals surface area contributed by atoms with Gasteiger partial charge in [0.15, 0.2) is 6.29 Å². The average molecular weight is 493 g/mol. The predicted molar refractivity (Wildman–Crippen MR) is 130 cm³/mol. The zero-order valence-corrected chi connectivity index (χ0v) is 20.7. The van der Waals surface area contributed by atoms with Gasteiger partial charge in [-0.25, -0.2) is 4.39 Å². The lowest BCUT2D eigenvalue weighted by Gasteiger charge is -2.31. The fraction of sp³-hybridized carbons (Fsp3) is 0.586. The van der Waals surface area contributed by atoms with Crippen LogP contribution >= 0.6 is 0 Å². The molecule has 1 aliphatic carbocycles. The molecule has 1 aliphatic heterocycles. The molecule has 0 amide bonds. The summed E-state index contributed by atoms with van der Waals surface area (Å²) in [5.74, 6) is -0.433. The molecule has 2 nitrogen and oxygen atoms in total. The van der Waals surface area contributed by atoms with Crippen LogP contribution in [-0.4, -0.2) is 19.5 Å². The quantitative estimate of drug-likeness (QED) is 0.360. The summed E-state index contributed by atoms with van der Waals surface area (Å²) in [5, 5.41) is 0. The second-order valence-corrected chi connectivity index (χ2v) is 10.0. The molecule has 2 fully saturated rings. The van der Waals surface area contributed by atoms with Crippen molar-refractivity contribution in [3.63, 3.8) is 0 Å².